The van der Waals surface area contributed by atoms with Crippen molar-refractivity contribution < 1.29 is 29.1 Å². The number of primary amides is 1. The van der Waals surface area contributed by atoms with Gasteiger partial charge in [-0.25, -0.2) is 9.78 Å². The normalized spacial score (nSPS) is 13.9. The van der Waals surface area contributed by atoms with Crippen LogP contribution in [0.3, 0.4) is 0 Å². The zero-order valence-electron chi connectivity index (χ0n) is 20.1. The summed E-state index contributed by atoms with van der Waals surface area (Å²) in [7, 11) is 0. The number of rotatable bonds is 17. The van der Waals surface area contributed by atoms with Crippen LogP contribution in [0.1, 0.15) is 31.4 Å². The average molecular weight is 543 g/mol. The number of nitrogens with two attached hydrogens (primary N) is 4. The third-order valence-corrected chi connectivity index (χ3v) is 5.38. The van der Waals surface area contributed by atoms with Crippen molar-refractivity contribution in [1.82, 2.24) is 25.9 Å². The number of hydrogen-bond acceptors (Lipinski definition) is 9. The molecule has 13 N–H and O–H groups in total. The average Bonchev–Trinajstić information content (AvgIpc) is 3.34. The Balaban J connectivity index is 2.83. The number of hydrogen-bond donors (Lipinski definition) is 10. The number of aromatic nitrogens is 2. The van der Waals surface area contributed by atoms with Gasteiger partial charge in [0.15, 0.2) is 5.96 Å². The summed E-state index contributed by atoms with van der Waals surface area (Å²) in [6.45, 7) is 0.148. The molecule has 4 atom stereocenters. The monoisotopic (exact) mass is 542 g/mol. The highest BCUT2D eigenvalue weighted by molar-refractivity contribution is 7.80. The van der Waals surface area contributed by atoms with Crippen LogP contribution in [0.2, 0.25) is 0 Å². The Morgan fingerprint density at radius 3 is 2.16 bits per heavy atom. The van der Waals surface area contributed by atoms with Crippen molar-refractivity contribution in [3.63, 3.8) is 0 Å². The van der Waals surface area contributed by atoms with Crippen LogP contribution < -0.4 is 38.9 Å². The third kappa shape index (κ3) is 12.1. The smallest absolute Gasteiger partial charge is 0.326 e. The number of carboxylic acid groups (broad SMARTS) is 1. The predicted octanol–water partition coefficient (Wildman–Crippen LogP) is -3.93. The fraction of sp³-hybridized carbons (Fsp3) is 0.550. The van der Waals surface area contributed by atoms with Crippen molar-refractivity contribution in [2.75, 3.05) is 12.3 Å². The van der Waals surface area contributed by atoms with Crippen LogP contribution >= 0.6 is 12.6 Å². The van der Waals surface area contributed by atoms with Gasteiger partial charge in [-0.15, -0.1) is 0 Å². The number of guanidine groups is 1. The number of amides is 4. The molecule has 1 heterocycles. The number of carbonyl (C=O) groups is 5. The van der Waals surface area contributed by atoms with E-state index in [-0.39, 0.29) is 50.4 Å². The lowest BCUT2D eigenvalue weighted by atomic mass is 10.1. The van der Waals surface area contributed by atoms with Gasteiger partial charge >= 0.3 is 5.97 Å². The second-order valence-corrected chi connectivity index (χ2v) is 8.41. The minimum Gasteiger partial charge on any atom is -0.480 e. The van der Waals surface area contributed by atoms with Crippen LogP contribution in [-0.2, 0) is 30.4 Å². The van der Waals surface area contributed by atoms with Gasteiger partial charge in [0.2, 0.25) is 23.6 Å². The van der Waals surface area contributed by atoms with Crippen molar-refractivity contribution >= 4 is 48.2 Å². The van der Waals surface area contributed by atoms with E-state index in [1.807, 2.05) is 0 Å². The molecule has 0 radical (unpaired) electrons. The van der Waals surface area contributed by atoms with Crippen molar-refractivity contribution in [2.24, 2.45) is 27.9 Å². The van der Waals surface area contributed by atoms with Crippen LogP contribution in [-0.4, -0.2) is 87.1 Å². The predicted molar refractivity (Wildman–Crippen MR) is 136 cm³/mol. The molecule has 1 aromatic rings. The summed E-state index contributed by atoms with van der Waals surface area (Å²) < 4.78 is 0. The van der Waals surface area contributed by atoms with E-state index in [2.05, 4.69) is 43.5 Å². The van der Waals surface area contributed by atoms with E-state index in [9.17, 15) is 29.1 Å². The van der Waals surface area contributed by atoms with E-state index < -0.39 is 53.8 Å². The van der Waals surface area contributed by atoms with Crippen molar-refractivity contribution in [3.8, 4) is 0 Å². The first-order valence-electron chi connectivity index (χ1n) is 11.3. The molecule has 0 saturated heterocycles. The Hall–Kier alpha value is -3.86. The molecule has 16 nitrogen and oxygen atoms in total. The van der Waals surface area contributed by atoms with Crippen molar-refractivity contribution in [1.29, 1.82) is 0 Å². The maximum Gasteiger partial charge on any atom is 0.326 e. The molecule has 0 bridgehead atoms. The number of aliphatic carboxylic acids is 1. The molecule has 1 aromatic heterocycles. The van der Waals surface area contributed by atoms with Gasteiger partial charge < -0.3 is 49.0 Å². The molecule has 0 spiro atoms. The molecule has 1 rings (SSSR count). The van der Waals surface area contributed by atoms with Crippen molar-refractivity contribution in [2.45, 2.75) is 56.3 Å². The molecule has 0 fully saturated rings. The highest BCUT2D eigenvalue weighted by atomic mass is 32.1. The molecule has 37 heavy (non-hydrogen) atoms. The Kier molecular flexibility index (Phi) is 13.5. The summed E-state index contributed by atoms with van der Waals surface area (Å²) in [5.74, 6) is -4.63. The summed E-state index contributed by atoms with van der Waals surface area (Å²) in [6, 6.07) is -4.81. The summed E-state index contributed by atoms with van der Waals surface area (Å²) in [4.78, 5) is 71.4. The molecule has 4 amide bonds. The quantitative estimate of drug-likeness (QED) is 0.0394. The maximum atomic E-state index is 12.8. The molecule has 17 heteroatoms. The van der Waals surface area contributed by atoms with E-state index in [0.29, 0.717) is 5.69 Å². The molecular formula is C20H34N10O6S. The lowest BCUT2D eigenvalue weighted by Gasteiger charge is -2.24. The molecular weight excluding hydrogens is 508 g/mol. The number of aromatic amines is 1. The van der Waals surface area contributed by atoms with Gasteiger partial charge in [0.25, 0.3) is 0 Å². The van der Waals surface area contributed by atoms with Crippen LogP contribution in [0.15, 0.2) is 17.5 Å². The first-order chi connectivity index (χ1) is 17.4. The Labute approximate surface area is 218 Å². The Bertz CT molecular complexity index is 953. The van der Waals surface area contributed by atoms with Crippen molar-refractivity contribution in [3.05, 3.63) is 18.2 Å². The number of carboxylic acids is 1. The molecule has 0 aliphatic heterocycles. The number of nitrogens with one attached hydrogen (secondary N) is 4. The number of carbonyl (C=O) groups excluding carboxylic acids is 4. The van der Waals surface area contributed by atoms with Gasteiger partial charge in [0.05, 0.1) is 12.4 Å². The molecule has 4 unspecified atom stereocenters. The summed E-state index contributed by atoms with van der Waals surface area (Å²) in [5, 5.41) is 16.6. The molecule has 0 saturated carbocycles. The van der Waals surface area contributed by atoms with E-state index in [1.165, 1.54) is 12.5 Å². The highest BCUT2D eigenvalue weighted by Crippen LogP contribution is 2.04. The topological polar surface area (TPSA) is 287 Å². The fourth-order valence-electron chi connectivity index (χ4n) is 3.06. The van der Waals surface area contributed by atoms with Gasteiger partial charge in [0.1, 0.15) is 18.1 Å². The fourth-order valence-corrected chi connectivity index (χ4v) is 3.32. The zero-order valence-corrected chi connectivity index (χ0v) is 20.9. The minimum absolute atomic E-state index is 0.00210. The van der Waals surface area contributed by atoms with Gasteiger partial charge in [-0.3, -0.25) is 24.2 Å². The van der Waals surface area contributed by atoms with Gasteiger partial charge in [-0.2, -0.15) is 12.6 Å². The summed E-state index contributed by atoms with van der Waals surface area (Å²) in [5.41, 5.74) is 22.1. The van der Waals surface area contributed by atoms with E-state index in [4.69, 9.17) is 22.9 Å². The van der Waals surface area contributed by atoms with E-state index >= 15 is 0 Å². The highest BCUT2D eigenvalue weighted by Gasteiger charge is 2.30. The van der Waals surface area contributed by atoms with E-state index in [0.717, 1.165) is 0 Å². The van der Waals surface area contributed by atoms with Crippen LogP contribution in [0.25, 0.3) is 0 Å². The van der Waals surface area contributed by atoms with Crippen LogP contribution in [0.5, 0.6) is 0 Å². The molecule has 0 aliphatic rings. The number of nitrogens with zero attached hydrogens (tertiary/aromatic N) is 2. The SMILES string of the molecule is NC(=O)CCC(NC(=O)C(CS)NC(=O)C(N)Cc1cnc[nH]1)C(=O)NC(CCCN=C(N)N)C(=O)O. The van der Waals surface area contributed by atoms with Gasteiger partial charge in [-0.05, 0) is 19.3 Å². The largest absolute Gasteiger partial charge is 0.480 e. The molecule has 206 valence electrons. The lowest BCUT2D eigenvalue weighted by Crippen LogP contribution is -2.58. The second kappa shape index (κ2) is 16.0. The van der Waals surface area contributed by atoms with Gasteiger partial charge in [0, 0.05) is 37.0 Å². The lowest BCUT2D eigenvalue weighted by molar-refractivity contribution is -0.142. The summed E-state index contributed by atoms with van der Waals surface area (Å²) >= 11 is 4.08. The van der Waals surface area contributed by atoms with Crippen LogP contribution in [0.4, 0.5) is 0 Å². The molecule has 0 aliphatic carbocycles. The summed E-state index contributed by atoms with van der Waals surface area (Å²) in [6.07, 6.45) is 2.84. The minimum atomic E-state index is -1.32. The first kappa shape index (κ1) is 31.2. The Morgan fingerprint density at radius 2 is 1.62 bits per heavy atom. The number of imidazole rings is 1. The zero-order chi connectivity index (χ0) is 28.0. The standard InChI is InChI=1S/C20H34N10O6S/c21-11(6-10-7-25-9-27-10)16(32)30-14(8-37)18(34)28-12(3-4-15(22)31)17(33)29-13(19(35)36)2-1-5-26-20(23)24/h7,9,11-14,37H,1-6,8,21H2,(H2,22,31)(H,25,27)(H,28,34)(H,29,33)(H,30,32)(H,35,36)(H4,23,24,26). The number of aliphatic imine (C=N–C) groups is 1. The molecule has 0 aromatic carbocycles. The second-order valence-electron chi connectivity index (χ2n) is 8.05. The maximum absolute atomic E-state index is 12.8. The number of H-pyrrole nitrogens is 1. The third-order valence-electron chi connectivity index (χ3n) is 5.02. The first-order valence-corrected chi connectivity index (χ1v) is 11.9. The van der Waals surface area contributed by atoms with Gasteiger partial charge in [-0.1, -0.05) is 0 Å². The van der Waals surface area contributed by atoms with E-state index in [1.54, 1.807) is 0 Å². The Morgan fingerprint density at radius 1 is 1.00 bits per heavy atom. The van der Waals surface area contributed by atoms with Crippen LogP contribution in [0, 0.1) is 0 Å². The number of thiol groups is 1.